The molecule has 1 heterocycles. The fourth-order valence-corrected chi connectivity index (χ4v) is 3.41. The summed E-state index contributed by atoms with van der Waals surface area (Å²) >= 11 is 0. The van der Waals surface area contributed by atoms with Gasteiger partial charge in [-0.05, 0) is 55.8 Å². The smallest absolute Gasteiger partial charge is 0.241 e. The van der Waals surface area contributed by atoms with Crippen molar-refractivity contribution in [1.82, 2.24) is 5.32 Å². The van der Waals surface area contributed by atoms with E-state index in [-0.39, 0.29) is 23.5 Å². The van der Waals surface area contributed by atoms with Crippen molar-refractivity contribution in [2.24, 2.45) is 11.8 Å². The van der Waals surface area contributed by atoms with Crippen LogP contribution in [0.5, 0.6) is 0 Å². The standard InChI is InChI=1S/C15H19FN2O/c1-9-5-6-13(12(16)7-9)18-15(19)14-11-4-2-3-10(11)8-17-14/h5-7,10-11,14,17H,2-4,8H2,1H3,(H,18,19). The third kappa shape index (κ3) is 2.37. The highest BCUT2D eigenvalue weighted by Crippen LogP contribution is 2.38. The molecule has 0 radical (unpaired) electrons. The molecule has 102 valence electrons. The molecule has 2 fully saturated rings. The van der Waals surface area contributed by atoms with Crippen molar-refractivity contribution in [3.8, 4) is 0 Å². The number of halogens is 1. The number of hydrogen-bond acceptors (Lipinski definition) is 2. The molecule has 1 amide bonds. The predicted octanol–water partition coefficient (Wildman–Crippen LogP) is 2.46. The molecule has 2 N–H and O–H groups in total. The minimum Gasteiger partial charge on any atom is -0.322 e. The van der Waals surface area contributed by atoms with Gasteiger partial charge in [-0.2, -0.15) is 0 Å². The molecule has 4 heteroatoms. The van der Waals surface area contributed by atoms with E-state index < -0.39 is 0 Å². The summed E-state index contributed by atoms with van der Waals surface area (Å²) < 4.78 is 13.7. The maximum Gasteiger partial charge on any atom is 0.241 e. The summed E-state index contributed by atoms with van der Waals surface area (Å²) in [6, 6.07) is 4.71. The van der Waals surface area contributed by atoms with Gasteiger partial charge in [-0.15, -0.1) is 0 Å². The van der Waals surface area contributed by atoms with Crippen LogP contribution in [0.1, 0.15) is 24.8 Å². The van der Waals surface area contributed by atoms with Crippen molar-refractivity contribution in [2.45, 2.75) is 32.2 Å². The van der Waals surface area contributed by atoms with Gasteiger partial charge in [0.25, 0.3) is 0 Å². The summed E-state index contributed by atoms with van der Waals surface area (Å²) in [6.45, 7) is 2.75. The van der Waals surface area contributed by atoms with Crippen molar-refractivity contribution >= 4 is 11.6 Å². The summed E-state index contributed by atoms with van der Waals surface area (Å²) in [5, 5.41) is 5.99. The highest BCUT2D eigenvalue weighted by atomic mass is 19.1. The zero-order chi connectivity index (χ0) is 13.4. The van der Waals surface area contributed by atoms with E-state index in [4.69, 9.17) is 0 Å². The average Bonchev–Trinajstić information content (AvgIpc) is 2.94. The molecule has 1 saturated carbocycles. The fraction of sp³-hybridized carbons (Fsp3) is 0.533. The van der Waals surface area contributed by atoms with E-state index in [1.807, 2.05) is 6.92 Å². The van der Waals surface area contributed by atoms with Crippen LogP contribution in [0.25, 0.3) is 0 Å². The monoisotopic (exact) mass is 262 g/mol. The number of aryl methyl sites for hydroxylation is 1. The Kier molecular flexibility index (Phi) is 3.27. The molecular weight excluding hydrogens is 243 g/mol. The molecule has 1 aromatic carbocycles. The molecule has 1 saturated heterocycles. The quantitative estimate of drug-likeness (QED) is 0.859. The van der Waals surface area contributed by atoms with Gasteiger partial charge in [0.1, 0.15) is 5.82 Å². The zero-order valence-electron chi connectivity index (χ0n) is 11.1. The lowest BCUT2D eigenvalue weighted by Crippen LogP contribution is -2.39. The summed E-state index contributed by atoms with van der Waals surface area (Å²) in [7, 11) is 0. The number of hydrogen-bond donors (Lipinski definition) is 2. The molecule has 3 atom stereocenters. The van der Waals surface area contributed by atoms with Crippen LogP contribution < -0.4 is 10.6 Å². The third-order valence-electron chi connectivity index (χ3n) is 4.41. The molecular formula is C15H19FN2O. The largest absolute Gasteiger partial charge is 0.322 e. The Morgan fingerprint density at radius 3 is 3.05 bits per heavy atom. The van der Waals surface area contributed by atoms with E-state index in [1.165, 1.54) is 18.9 Å². The molecule has 19 heavy (non-hydrogen) atoms. The van der Waals surface area contributed by atoms with Gasteiger partial charge in [0, 0.05) is 0 Å². The van der Waals surface area contributed by atoms with E-state index in [2.05, 4.69) is 10.6 Å². The Morgan fingerprint density at radius 2 is 2.26 bits per heavy atom. The van der Waals surface area contributed by atoms with Crippen LogP contribution in [0, 0.1) is 24.6 Å². The number of carbonyl (C=O) groups is 1. The molecule has 1 aliphatic carbocycles. The maximum absolute atomic E-state index is 13.7. The van der Waals surface area contributed by atoms with Gasteiger partial charge in [0.05, 0.1) is 11.7 Å². The molecule has 3 nitrogen and oxygen atoms in total. The second kappa shape index (κ2) is 4.93. The fourth-order valence-electron chi connectivity index (χ4n) is 3.41. The molecule has 2 aliphatic rings. The van der Waals surface area contributed by atoms with E-state index in [9.17, 15) is 9.18 Å². The van der Waals surface area contributed by atoms with Gasteiger partial charge in [-0.25, -0.2) is 4.39 Å². The SMILES string of the molecule is Cc1ccc(NC(=O)C2NCC3CCCC32)c(F)c1. The van der Waals surface area contributed by atoms with Crippen molar-refractivity contribution in [1.29, 1.82) is 0 Å². The second-order valence-corrected chi connectivity index (χ2v) is 5.71. The van der Waals surface area contributed by atoms with Crippen molar-refractivity contribution in [3.05, 3.63) is 29.6 Å². The Bertz CT molecular complexity index is 503. The van der Waals surface area contributed by atoms with Crippen LogP contribution in [0.4, 0.5) is 10.1 Å². The van der Waals surface area contributed by atoms with Crippen LogP contribution in [0.15, 0.2) is 18.2 Å². The Hall–Kier alpha value is -1.42. The van der Waals surface area contributed by atoms with E-state index in [0.717, 1.165) is 18.5 Å². The summed E-state index contributed by atoms with van der Waals surface area (Å²) in [5.41, 5.74) is 1.13. The summed E-state index contributed by atoms with van der Waals surface area (Å²) in [6.07, 6.45) is 3.52. The summed E-state index contributed by atoms with van der Waals surface area (Å²) in [4.78, 5) is 12.3. The number of nitrogens with one attached hydrogen (secondary N) is 2. The number of anilines is 1. The minimum absolute atomic E-state index is 0.0999. The molecule has 1 aliphatic heterocycles. The highest BCUT2D eigenvalue weighted by Gasteiger charge is 2.42. The van der Waals surface area contributed by atoms with Gasteiger partial charge in [-0.3, -0.25) is 4.79 Å². The van der Waals surface area contributed by atoms with Gasteiger partial charge in [0.15, 0.2) is 0 Å². The maximum atomic E-state index is 13.7. The normalized spacial score (nSPS) is 29.3. The van der Waals surface area contributed by atoms with Gasteiger partial charge < -0.3 is 10.6 Å². The van der Waals surface area contributed by atoms with Crippen molar-refractivity contribution in [2.75, 3.05) is 11.9 Å². The average molecular weight is 262 g/mol. The molecule has 1 aromatic rings. The van der Waals surface area contributed by atoms with E-state index in [1.54, 1.807) is 12.1 Å². The minimum atomic E-state index is -0.366. The van der Waals surface area contributed by atoms with Gasteiger partial charge >= 0.3 is 0 Å². The molecule has 3 rings (SSSR count). The lowest BCUT2D eigenvalue weighted by Gasteiger charge is -2.18. The van der Waals surface area contributed by atoms with Crippen molar-refractivity contribution < 1.29 is 9.18 Å². The first-order chi connectivity index (χ1) is 9.15. The van der Waals surface area contributed by atoms with Crippen molar-refractivity contribution in [3.63, 3.8) is 0 Å². The number of rotatable bonds is 2. The lowest BCUT2D eigenvalue weighted by atomic mass is 9.93. The number of benzene rings is 1. The van der Waals surface area contributed by atoms with E-state index in [0.29, 0.717) is 11.8 Å². The Labute approximate surface area is 112 Å². The Balaban J connectivity index is 1.71. The number of carbonyl (C=O) groups excluding carboxylic acids is 1. The number of amides is 1. The van der Waals surface area contributed by atoms with Crippen LogP contribution >= 0.6 is 0 Å². The highest BCUT2D eigenvalue weighted by molar-refractivity contribution is 5.95. The van der Waals surface area contributed by atoms with Gasteiger partial charge in [0.2, 0.25) is 5.91 Å². The Morgan fingerprint density at radius 1 is 1.42 bits per heavy atom. The first kappa shape index (κ1) is 12.6. The molecule has 0 bridgehead atoms. The summed E-state index contributed by atoms with van der Waals surface area (Å²) in [5.74, 6) is 0.582. The third-order valence-corrected chi connectivity index (χ3v) is 4.41. The predicted molar refractivity (Wildman–Crippen MR) is 72.4 cm³/mol. The van der Waals surface area contributed by atoms with E-state index >= 15 is 0 Å². The first-order valence-electron chi connectivity index (χ1n) is 6.95. The van der Waals surface area contributed by atoms with Crippen LogP contribution in [-0.4, -0.2) is 18.5 Å². The first-order valence-corrected chi connectivity index (χ1v) is 6.95. The molecule has 3 unspecified atom stereocenters. The zero-order valence-corrected chi connectivity index (χ0v) is 11.1. The van der Waals surface area contributed by atoms with Gasteiger partial charge in [-0.1, -0.05) is 12.5 Å². The lowest BCUT2D eigenvalue weighted by molar-refractivity contribution is -0.118. The second-order valence-electron chi connectivity index (χ2n) is 5.71. The number of fused-ring (bicyclic) bond motifs is 1. The molecule has 0 aromatic heterocycles. The molecule has 0 spiro atoms. The van der Waals surface area contributed by atoms with Crippen LogP contribution in [0.3, 0.4) is 0 Å². The van der Waals surface area contributed by atoms with Crippen LogP contribution in [-0.2, 0) is 4.79 Å². The van der Waals surface area contributed by atoms with Crippen LogP contribution in [0.2, 0.25) is 0 Å². The topological polar surface area (TPSA) is 41.1 Å².